The van der Waals surface area contributed by atoms with Gasteiger partial charge in [0, 0.05) is 51.8 Å². The molecule has 0 unspecified atom stereocenters. The summed E-state index contributed by atoms with van der Waals surface area (Å²) in [6, 6.07) is 1.81. The van der Waals surface area contributed by atoms with E-state index < -0.39 is 6.10 Å². The van der Waals surface area contributed by atoms with E-state index >= 15 is 0 Å². The predicted molar refractivity (Wildman–Crippen MR) is 84.0 cm³/mol. The minimum absolute atomic E-state index is 0.490. The van der Waals surface area contributed by atoms with Gasteiger partial charge in [-0.15, -0.1) is 0 Å². The van der Waals surface area contributed by atoms with Crippen LogP contribution in [0.3, 0.4) is 0 Å². The van der Waals surface area contributed by atoms with Crippen LogP contribution >= 0.6 is 0 Å². The largest absolute Gasteiger partial charge is 0.389 e. The van der Waals surface area contributed by atoms with Gasteiger partial charge in [0.05, 0.1) is 12.3 Å². The van der Waals surface area contributed by atoms with Gasteiger partial charge in [0.2, 0.25) is 5.95 Å². The Morgan fingerprint density at radius 1 is 1.14 bits per heavy atom. The van der Waals surface area contributed by atoms with Crippen LogP contribution in [0.25, 0.3) is 0 Å². The third kappa shape index (κ3) is 3.22. The van der Waals surface area contributed by atoms with E-state index in [1.54, 1.807) is 24.8 Å². The Labute approximate surface area is 128 Å². The van der Waals surface area contributed by atoms with Crippen molar-refractivity contribution in [2.75, 3.05) is 48.3 Å². The first-order valence-corrected chi connectivity index (χ1v) is 7.21. The summed E-state index contributed by atoms with van der Waals surface area (Å²) in [6.45, 7) is 2.44. The quantitative estimate of drug-likeness (QED) is 0.818. The number of hydrogen-bond acceptors (Lipinski definition) is 8. The molecule has 1 saturated heterocycles. The van der Waals surface area contributed by atoms with Crippen LogP contribution < -0.4 is 15.1 Å². The summed E-state index contributed by atoms with van der Waals surface area (Å²) in [6.07, 6.45) is 6.21. The fourth-order valence-corrected chi connectivity index (χ4v) is 2.47. The number of aliphatic hydroxyl groups excluding tert-OH is 1. The van der Waals surface area contributed by atoms with Crippen LogP contribution in [0.4, 0.5) is 17.6 Å². The normalized spacial score (nSPS) is 18.9. The first kappa shape index (κ1) is 14.5. The monoisotopic (exact) mass is 301 g/mol. The fourth-order valence-electron chi connectivity index (χ4n) is 2.47. The first-order chi connectivity index (χ1) is 10.8. The Kier molecular flexibility index (Phi) is 4.29. The summed E-state index contributed by atoms with van der Waals surface area (Å²) < 4.78 is 0. The van der Waals surface area contributed by atoms with E-state index in [1.165, 1.54) is 0 Å². The van der Waals surface area contributed by atoms with Crippen LogP contribution in [0.2, 0.25) is 0 Å². The second kappa shape index (κ2) is 6.52. The van der Waals surface area contributed by atoms with Crippen molar-refractivity contribution in [2.24, 2.45) is 0 Å². The highest BCUT2D eigenvalue weighted by atomic mass is 16.3. The lowest BCUT2D eigenvalue weighted by atomic mass is 10.3. The SMILES string of the molecule is CNc1ccnc(N2CCN(c3cnccn3)C[C@H](O)C2)n1. The number of nitrogens with zero attached hydrogens (tertiary/aromatic N) is 6. The van der Waals surface area contributed by atoms with Crippen LogP contribution in [-0.2, 0) is 0 Å². The van der Waals surface area contributed by atoms with Crippen LogP contribution in [0.1, 0.15) is 0 Å². The van der Waals surface area contributed by atoms with E-state index in [1.807, 2.05) is 22.9 Å². The third-order valence-electron chi connectivity index (χ3n) is 3.56. The maximum Gasteiger partial charge on any atom is 0.227 e. The highest BCUT2D eigenvalue weighted by molar-refractivity contribution is 5.43. The second-order valence-corrected chi connectivity index (χ2v) is 5.10. The van der Waals surface area contributed by atoms with Crippen molar-refractivity contribution in [3.63, 3.8) is 0 Å². The van der Waals surface area contributed by atoms with Crippen LogP contribution in [0.5, 0.6) is 0 Å². The summed E-state index contributed by atoms with van der Waals surface area (Å²) >= 11 is 0. The predicted octanol–water partition coefficient (Wildman–Crippen LogP) is -0.00420. The molecule has 3 rings (SSSR count). The van der Waals surface area contributed by atoms with Crippen molar-refractivity contribution < 1.29 is 5.11 Å². The zero-order valence-corrected chi connectivity index (χ0v) is 12.4. The Morgan fingerprint density at radius 2 is 1.95 bits per heavy atom. The topological polar surface area (TPSA) is 90.3 Å². The average Bonchev–Trinajstić information content (AvgIpc) is 2.77. The maximum absolute atomic E-state index is 10.3. The Bertz CT molecular complexity index is 609. The third-order valence-corrected chi connectivity index (χ3v) is 3.56. The second-order valence-electron chi connectivity index (χ2n) is 5.10. The van der Waals surface area contributed by atoms with Gasteiger partial charge in [-0.3, -0.25) is 4.98 Å². The van der Waals surface area contributed by atoms with Crippen LogP contribution in [-0.4, -0.2) is 64.4 Å². The van der Waals surface area contributed by atoms with Crippen LogP contribution in [0, 0.1) is 0 Å². The molecule has 22 heavy (non-hydrogen) atoms. The lowest BCUT2D eigenvalue weighted by Gasteiger charge is -2.22. The number of rotatable bonds is 3. The number of β-amino-alcohol motifs (C(OH)–C–C–N with tert-alkyl or cyclic N) is 1. The van der Waals surface area contributed by atoms with E-state index in [-0.39, 0.29) is 0 Å². The molecule has 0 amide bonds. The van der Waals surface area contributed by atoms with Crippen molar-refractivity contribution >= 4 is 17.6 Å². The van der Waals surface area contributed by atoms with Crippen molar-refractivity contribution in [1.29, 1.82) is 0 Å². The van der Waals surface area contributed by atoms with Gasteiger partial charge < -0.3 is 20.2 Å². The minimum Gasteiger partial charge on any atom is -0.389 e. The average molecular weight is 301 g/mol. The fraction of sp³-hybridized carbons (Fsp3) is 0.429. The number of hydrogen-bond donors (Lipinski definition) is 2. The molecule has 2 aromatic rings. The van der Waals surface area contributed by atoms with Gasteiger partial charge in [0.1, 0.15) is 11.6 Å². The molecule has 3 heterocycles. The summed E-state index contributed by atoms with van der Waals surface area (Å²) in [5.41, 5.74) is 0. The Balaban J connectivity index is 1.76. The molecule has 0 radical (unpaired) electrons. The Hall–Kier alpha value is -2.48. The smallest absolute Gasteiger partial charge is 0.227 e. The van der Waals surface area contributed by atoms with E-state index in [0.717, 1.165) is 18.2 Å². The zero-order valence-electron chi connectivity index (χ0n) is 12.4. The van der Waals surface area contributed by atoms with Crippen LogP contribution in [0.15, 0.2) is 30.9 Å². The molecule has 1 fully saturated rings. The van der Waals surface area contributed by atoms with Gasteiger partial charge in [0.25, 0.3) is 0 Å². The van der Waals surface area contributed by atoms with Crippen molar-refractivity contribution in [3.05, 3.63) is 30.9 Å². The van der Waals surface area contributed by atoms with Crippen molar-refractivity contribution in [3.8, 4) is 0 Å². The van der Waals surface area contributed by atoms with Gasteiger partial charge in [-0.05, 0) is 6.07 Å². The Morgan fingerprint density at radius 3 is 2.73 bits per heavy atom. The molecule has 1 aliphatic rings. The first-order valence-electron chi connectivity index (χ1n) is 7.21. The van der Waals surface area contributed by atoms with Gasteiger partial charge in [-0.2, -0.15) is 4.98 Å². The molecule has 8 nitrogen and oxygen atoms in total. The van der Waals surface area contributed by atoms with Gasteiger partial charge >= 0.3 is 0 Å². The minimum atomic E-state index is -0.508. The number of anilines is 3. The molecule has 116 valence electrons. The zero-order chi connectivity index (χ0) is 15.4. The molecule has 0 bridgehead atoms. The molecule has 2 aromatic heterocycles. The summed E-state index contributed by atoms with van der Waals surface area (Å²) in [4.78, 5) is 21.1. The highest BCUT2D eigenvalue weighted by Crippen LogP contribution is 2.16. The molecule has 0 aromatic carbocycles. The molecule has 1 atom stereocenters. The van der Waals surface area contributed by atoms with E-state index in [0.29, 0.717) is 25.6 Å². The molecule has 1 aliphatic heterocycles. The standard InChI is InChI=1S/C14H19N7O/c1-15-12-2-3-18-14(19-12)21-7-6-20(9-11(22)10-21)13-8-16-4-5-17-13/h2-5,8,11,22H,6-7,9-10H2,1H3,(H,15,18,19)/t11-/m0/s1. The summed E-state index contributed by atoms with van der Waals surface area (Å²) in [5.74, 6) is 2.15. The molecular weight excluding hydrogens is 282 g/mol. The van der Waals surface area contributed by atoms with Gasteiger partial charge in [-0.25, -0.2) is 9.97 Å². The molecule has 0 spiro atoms. The molecular formula is C14H19N7O. The molecule has 8 heteroatoms. The lowest BCUT2D eigenvalue weighted by Crippen LogP contribution is -2.34. The van der Waals surface area contributed by atoms with Crippen molar-refractivity contribution in [2.45, 2.75) is 6.10 Å². The summed E-state index contributed by atoms with van der Waals surface area (Å²) in [5, 5.41) is 13.3. The van der Waals surface area contributed by atoms with Gasteiger partial charge in [-0.1, -0.05) is 0 Å². The van der Waals surface area contributed by atoms with Crippen molar-refractivity contribution in [1.82, 2.24) is 19.9 Å². The van der Waals surface area contributed by atoms with E-state index in [9.17, 15) is 5.11 Å². The van der Waals surface area contributed by atoms with E-state index in [2.05, 4.69) is 25.3 Å². The molecule has 0 aliphatic carbocycles. The lowest BCUT2D eigenvalue weighted by molar-refractivity contribution is 0.190. The maximum atomic E-state index is 10.3. The number of aromatic nitrogens is 4. The number of aliphatic hydroxyl groups is 1. The summed E-state index contributed by atoms with van der Waals surface area (Å²) in [7, 11) is 1.82. The number of nitrogens with one attached hydrogen (secondary N) is 1. The highest BCUT2D eigenvalue weighted by Gasteiger charge is 2.23. The van der Waals surface area contributed by atoms with Gasteiger partial charge in [0.15, 0.2) is 0 Å². The van der Waals surface area contributed by atoms with E-state index in [4.69, 9.17) is 0 Å². The molecule has 0 saturated carbocycles. The molecule has 2 N–H and O–H groups in total.